The van der Waals surface area contributed by atoms with Crippen molar-refractivity contribution < 1.29 is 5.11 Å². The van der Waals surface area contributed by atoms with Gasteiger partial charge in [-0.1, -0.05) is 12.1 Å². The Balaban J connectivity index is 1.74. The number of aromatic amines is 1. The number of hydrogen-bond donors (Lipinski definition) is 4. The molecule has 3 rings (SSSR count). The largest absolute Gasteiger partial charge is 0.394 e. The summed E-state index contributed by atoms with van der Waals surface area (Å²) >= 11 is 0. The molecule has 0 aliphatic heterocycles. The number of aromatic nitrogens is 4. The summed E-state index contributed by atoms with van der Waals surface area (Å²) in [5, 5.41) is 23.2. The molecule has 1 aromatic carbocycles. The van der Waals surface area contributed by atoms with Crippen molar-refractivity contribution in [3.8, 4) is 0 Å². The molecule has 0 fully saturated rings. The molecule has 0 amide bonds. The van der Waals surface area contributed by atoms with Gasteiger partial charge in [0.05, 0.1) is 12.1 Å². The summed E-state index contributed by atoms with van der Waals surface area (Å²) in [6.45, 7) is 7.96. The first-order valence-corrected chi connectivity index (χ1v) is 8.95. The maximum Gasteiger partial charge on any atom is 0.156 e. The molecule has 0 radical (unpaired) electrons. The van der Waals surface area contributed by atoms with Crippen LogP contribution in [0.5, 0.6) is 0 Å². The number of hydrogen-bond acceptors (Lipinski definition) is 6. The maximum absolute atomic E-state index is 9.44. The first-order chi connectivity index (χ1) is 12.9. The van der Waals surface area contributed by atoms with E-state index in [2.05, 4.69) is 36.9 Å². The molecule has 0 unspecified atom stereocenters. The third kappa shape index (κ3) is 4.83. The number of nitrogens with zero attached hydrogens (tertiary/aromatic N) is 3. The lowest BCUT2D eigenvalue weighted by Gasteiger charge is -2.25. The fourth-order valence-corrected chi connectivity index (χ4v) is 2.65. The Bertz CT molecular complexity index is 918. The van der Waals surface area contributed by atoms with Crippen LogP contribution in [0.15, 0.2) is 36.5 Å². The number of H-pyrrole nitrogens is 1. The molecule has 0 bridgehead atoms. The molecule has 0 atom stereocenters. The Hall–Kier alpha value is -2.93. The van der Waals surface area contributed by atoms with Gasteiger partial charge in [0, 0.05) is 29.6 Å². The van der Waals surface area contributed by atoms with Crippen LogP contribution in [0.1, 0.15) is 36.5 Å². The summed E-state index contributed by atoms with van der Waals surface area (Å²) < 4.78 is 0. The lowest BCUT2D eigenvalue weighted by atomic mass is 10.1. The van der Waals surface area contributed by atoms with Crippen molar-refractivity contribution in [2.45, 2.75) is 39.7 Å². The Morgan fingerprint density at radius 3 is 2.70 bits per heavy atom. The molecule has 0 saturated heterocycles. The minimum Gasteiger partial charge on any atom is -0.394 e. The van der Waals surface area contributed by atoms with Crippen LogP contribution in [-0.4, -0.2) is 37.4 Å². The number of aliphatic hydroxyl groups is 1. The topological polar surface area (TPSA) is 98.8 Å². The van der Waals surface area contributed by atoms with Gasteiger partial charge in [0.1, 0.15) is 11.6 Å². The highest BCUT2D eigenvalue weighted by Crippen LogP contribution is 2.20. The second-order valence-electron chi connectivity index (χ2n) is 7.35. The molecule has 0 aliphatic rings. The van der Waals surface area contributed by atoms with Crippen LogP contribution in [0.25, 0.3) is 0 Å². The third-order valence-electron chi connectivity index (χ3n) is 4.37. The maximum atomic E-state index is 9.44. The van der Waals surface area contributed by atoms with E-state index >= 15 is 0 Å². The van der Waals surface area contributed by atoms with Gasteiger partial charge in [-0.15, -0.1) is 0 Å². The number of rotatable bonds is 7. The number of anilines is 3. The van der Waals surface area contributed by atoms with Crippen molar-refractivity contribution in [3.05, 3.63) is 59.2 Å². The normalized spacial score (nSPS) is 11.4. The van der Waals surface area contributed by atoms with Gasteiger partial charge < -0.3 is 15.7 Å². The van der Waals surface area contributed by atoms with E-state index in [1.165, 1.54) is 0 Å². The highest BCUT2D eigenvalue weighted by Gasteiger charge is 2.15. The Labute approximate surface area is 159 Å². The predicted molar refractivity (Wildman–Crippen MR) is 107 cm³/mol. The monoisotopic (exact) mass is 366 g/mol. The average molecular weight is 366 g/mol. The summed E-state index contributed by atoms with van der Waals surface area (Å²) in [7, 11) is 0. The van der Waals surface area contributed by atoms with E-state index in [0.717, 1.165) is 34.2 Å². The average Bonchev–Trinajstić information content (AvgIpc) is 2.94. The molecule has 0 spiro atoms. The zero-order valence-electron chi connectivity index (χ0n) is 16.2. The molecule has 7 nitrogen and oxygen atoms in total. The Kier molecular flexibility index (Phi) is 5.41. The zero-order chi connectivity index (χ0) is 19.4. The van der Waals surface area contributed by atoms with E-state index in [4.69, 9.17) is 0 Å². The van der Waals surface area contributed by atoms with E-state index in [-0.39, 0.29) is 12.1 Å². The second-order valence-corrected chi connectivity index (χ2v) is 7.35. The highest BCUT2D eigenvalue weighted by atomic mass is 16.3. The molecular weight excluding hydrogens is 340 g/mol. The van der Waals surface area contributed by atoms with Gasteiger partial charge >= 0.3 is 0 Å². The highest BCUT2D eigenvalue weighted by molar-refractivity contribution is 5.56. The molecule has 2 aromatic heterocycles. The molecule has 0 saturated carbocycles. The molecule has 0 aliphatic carbocycles. The first kappa shape index (κ1) is 18.8. The van der Waals surface area contributed by atoms with Crippen LogP contribution in [0.2, 0.25) is 0 Å². The van der Waals surface area contributed by atoms with E-state index < -0.39 is 0 Å². The van der Waals surface area contributed by atoms with Crippen molar-refractivity contribution in [1.82, 2.24) is 20.2 Å². The van der Waals surface area contributed by atoms with Gasteiger partial charge in [0.2, 0.25) is 0 Å². The zero-order valence-corrected chi connectivity index (χ0v) is 16.2. The number of aliphatic hydroxyl groups excluding tert-OH is 1. The molecule has 142 valence electrons. The summed E-state index contributed by atoms with van der Waals surface area (Å²) in [5.74, 6) is 2.21. The van der Waals surface area contributed by atoms with Gasteiger partial charge in [-0.05, 0) is 51.5 Å². The van der Waals surface area contributed by atoms with Crippen molar-refractivity contribution in [3.63, 3.8) is 0 Å². The minimum absolute atomic E-state index is 0.0557. The van der Waals surface area contributed by atoms with Crippen molar-refractivity contribution in [2.24, 2.45) is 0 Å². The summed E-state index contributed by atoms with van der Waals surface area (Å²) in [5.41, 5.74) is 3.78. The molecule has 7 heteroatoms. The van der Waals surface area contributed by atoms with E-state index in [1.807, 2.05) is 52.0 Å². The van der Waals surface area contributed by atoms with Crippen LogP contribution >= 0.6 is 0 Å². The van der Waals surface area contributed by atoms with Crippen LogP contribution in [-0.2, 0) is 6.42 Å². The number of benzene rings is 1. The predicted octanol–water partition coefficient (Wildman–Crippen LogP) is 3.33. The van der Waals surface area contributed by atoms with Gasteiger partial charge in [0.15, 0.2) is 5.82 Å². The van der Waals surface area contributed by atoms with E-state index in [0.29, 0.717) is 12.2 Å². The Morgan fingerprint density at radius 1 is 1.19 bits per heavy atom. The van der Waals surface area contributed by atoms with Crippen LogP contribution in [0, 0.1) is 13.8 Å². The van der Waals surface area contributed by atoms with Crippen molar-refractivity contribution in [2.75, 3.05) is 17.2 Å². The summed E-state index contributed by atoms with van der Waals surface area (Å²) in [4.78, 5) is 8.98. The van der Waals surface area contributed by atoms with Crippen LogP contribution in [0.3, 0.4) is 0 Å². The van der Waals surface area contributed by atoms with E-state index in [9.17, 15) is 5.11 Å². The van der Waals surface area contributed by atoms with Gasteiger partial charge in [0.25, 0.3) is 0 Å². The Morgan fingerprint density at radius 2 is 2.00 bits per heavy atom. The molecule has 3 aromatic rings. The van der Waals surface area contributed by atoms with Crippen molar-refractivity contribution >= 4 is 17.3 Å². The van der Waals surface area contributed by atoms with Crippen LogP contribution < -0.4 is 10.6 Å². The number of nitrogens with one attached hydrogen (secondary N) is 3. The van der Waals surface area contributed by atoms with Gasteiger partial charge in [-0.25, -0.2) is 9.97 Å². The summed E-state index contributed by atoms with van der Waals surface area (Å²) in [6.07, 6.45) is 2.36. The van der Waals surface area contributed by atoms with E-state index in [1.54, 1.807) is 6.20 Å². The second kappa shape index (κ2) is 7.75. The minimum atomic E-state index is -0.376. The molecule has 4 N–H and O–H groups in total. The molecular formula is C20H26N6O. The first-order valence-electron chi connectivity index (χ1n) is 8.95. The fourth-order valence-electron chi connectivity index (χ4n) is 2.65. The quantitative estimate of drug-likeness (QED) is 0.512. The fraction of sp³-hybridized carbons (Fsp3) is 0.350. The molecule has 2 heterocycles. The standard InChI is InChI=1S/C20H26N6O/c1-13-14(2)25-26-19(13)23-17-8-9-21-18(22-17)11-15-6-5-7-16(10-15)24-20(3,4)12-27/h5-10,24,27H,11-12H2,1-4H3,(H2,21,22,23,25,26). The van der Waals surface area contributed by atoms with Crippen molar-refractivity contribution in [1.29, 1.82) is 0 Å². The SMILES string of the molecule is Cc1[nH]nc(Nc2ccnc(Cc3cccc(NC(C)(C)CO)c3)n2)c1C. The smallest absolute Gasteiger partial charge is 0.156 e. The lowest BCUT2D eigenvalue weighted by molar-refractivity contribution is 0.234. The van der Waals surface area contributed by atoms with Gasteiger partial charge in [-0.2, -0.15) is 5.10 Å². The lowest BCUT2D eigenvalue weighted by Crippen LogP contribution is -2.34. The van der Waals surface area contributed by atoms with Crippen LogP contribution in [0.4, 0.5) is 17.3 Å². The molecule has 27 heavy (non-hydrogen) atoms. The summed E-state index contributed by atoms with van der Waals surface area (Å²) in [6, 6.07) is 9.91. The van der Waals surface area contributed by atoms with Gasteiger partial charge in [-0.3, -0.25) is 5.10 Å². The third-order valence-corrected chi connectivity index (χ3v) is 4.37. The number of aryl methyl sites for hydroxylation is 1.